The zero-order chi connectivity index (χ0) is 24.5. The lowest BCUT2D eigenvalue weighted by atomic mass is 9.90. The smallest absolute Gasteiger partial charge is 0.341 e. The van der Waals surface area contributed by atoms with Gasteiger partial charge in [0.05, 0.1) is 0 Å². The largest absolute Gasteiger partial charge is 0.482 e. The first-order chi connectivity index (χ1) is 16.5. The minimum atomic E-state index is -0.988. The predicted octanol–water partition coefficient (Wildman–Crippen LogP) is 5.42. The molecule has 0 spiro atoms. The summed E-state index contributed by atoms with van der Waals surface area (Å²) in [5.74, 6) is -0.447. The first-order valence-corrected chi connectivity index (χ1v) is 12.0. The van der Waals surface area contributed by atoms with Crippen molar-refractivity contribution < 1.29 is 19.2 Å². The molecule has 0 saturated heterocycles. The van der Waals surface area contributed by atoms with E-state index in [1.165, 1.54) is 11.4 Å². The Balaban J connectivity index is 2.04. The zero-order valence-corrected chi connectivity index (χ0v) is 20.6. The number of anilines is 1. The van der Waals surface area contributed by atoms with Crippen molar-refractivity contribution in [3.05, 3.63) is 89.5 Å². The Hall–Kier alpha value is -3.60. The quantitative estimate of drug-likeness (QED) is 0.482. The number of benzene rings is 2. The lowest BCUT2D eigenvalue weighted by Crippen LogP contribution is -2.21. The molecule has 3 rings (SSSR count). The van der Waals surface area contributed by atoms with Crippen molar-refractivity contribution in [2.45, 2.75) is 27.7 Å². The van der Waals surface area contributed by atoms with E-state index in [2.05, 4.69) is 85.7 Å². The maximum atomic E-state index is 10.8. The van der Waals surface area contributed by atoms with E-state index in [0.29, 0.717) is 5.75 Å². The number of carboxylic acids is 1. The van der Waals surface area contributed by atoms with Gasteiger partial charge in [-0.15, -0.1) is 0 Å². The minimum absolute atomic E-state index is 0.352. The fourth-order valence-corrected chi connectivity index (χ4v) is 4.22. The van der Waals surface area contributed by atoms with Gasteiger partial charge < -0.3 is 14.7 Å². The van der Waals surface area contributed by atoms with Crippen molar-refractivity contribution in [1.82, 2.24) is 0 Å². The molecule has 5 heteroatoms. The van der Waals surface area contributed by atoms with Crippen LogP contribution < -0.4 is 9.64 Å². The van der Waals surface area contributed by atoms with Crippen molar-refractivity contribution in [2.75, 3.05) is 37.7 Å². The van der Waals surface area contributed by atoms with Gasteiger partial charge in [-0.2, -0.15) is 0 Å². The third-order valence-electron chi connectivity index (χ3n) is 6.07. The van der Waals surface area contributed by atoms with Gasteiger partial charge in [0.1, 0.15) is 18.8 Å². The molecule has 178 valence electrons. The van der Waals surface area contributed by atoms with Crippen LogP contribution in [0, 0.1) is 0 Å². The van der Waals surface area contributed by atoms with Crippen LogP contribution in [0.1, 0.15) is 38.8 Å². The number of carboxylic acid groups (broad SMARTS) is 1. The maximum absolute atomic E-state index is 10.8. The molecular weight excluding hydrogens is 424 g/mol. The van der Waals surface area contributed by atoms with Crippen molar-refractivity contribution >= 4 is 22.9 Å². The molecule has 2 aromatic carbocycles. The van der Waals surface area contributed by atoms with Crippen molar-refractivity contribution in [3.63, 3.8) is 0 Å². The summed E-state index contributed by atoms with van der Waals surface area (Å²) in [5.41, 5.74) is 6.86. The van der Waals surface area contributed by atoms with E-state index in [9.17, 15) is 4.79 Å². The van der Waals surface area contributed by atoms with Crippen molar-refractivity contribution in [1.29, 1.82) is 0 Å². The Morgan fingerprint density at radius 2 is 1.35 bits per heavy atom. The molecule has 0 saturated carbocycles. The molecule has 0 heterocycles. The highest BCUT2D eigenvalue weighted by Gasteiger charge is 2.15. The van der Waals surface area contributed by atoms with Crippen LogP contribution in [0.4, 0.5) is 5.69 Å². The van der Waals surface area contributed by atoms with Gasteiger partial charge in [-0.3, -0.25) is 0 Å². The third kappa shape index (κ3) is 6.04. The second-order valence-corrected chi connectivity index (χ2v) is 8.02. The van der Waals surface area contributed by atoms with E-state index in [-0.39, 0.29) is 6.61 Å². The van der Waals surface area contributed by atoms with E-state index in [1.54, 1.807) is 0 Å². The monoisotopic (exact) mass is 459 g/mol. The normalized spacial score (nSPS) is 12.6. The van der Waals surface area contributed by atoms with Gasteiger partial charge in [0.2, 0.25) is 0 Å². The number of aliphatic carboxylic acids is 1. The average Bonchev–Trinajstić information content (AvgIpc) is 2.87. The average molecular weight is 460 g/mol. The Labute approximate surface area is 203 Å². The molecule has 1 aliphatic carbocycles. The summed E-state index contributed by atoms with van der Waals surface area (Å²) in [6, 6.07) is 16.3. The molecule has 0 radical (unpaired) electrons. The molecule has 1 aliphatic rings. The summed E-state index contributed by atoms with van der Waals surface area (Å²) in [5, 5.41) is 8.87. The number of allylic oxidation sites excluding steroid dienone is 5. The number of carbonyl (C=O) groups is 1. The number of rotatable bonds is 10. The molecule has 1 N–H and O–H groups in total. The number of nitrogens with zero attached hydrogens (tertiary/aromatic N) is 2. The second kappa shape index (κ2) is 12.0. The molecule has 0 amide bonds. The van der Waals surface area contributed by atoms with Crippen LogP contribution in [-0.4, -0.2) is 54.1 Å². The first kappa shape index (κ1) is 25.0. The summed E-state index contributed by atoms with van der Waals surface area (Å²) >= 11 is 0. The van der Waals surface area contributed by atoms with E-state index in [4.69, 9.17) is 9.84 Å². The highest BCUT2D eigenvalue weighted by atomic mass is 16.5. The van der Waals surface area contributed by atoms with Crippen molar-refractivity contribution in [2.24, 2.45) is 0 Å². The van der Waals surface area contributed by atoms with Gasteiger partial charge in [0, 0.05) is 30.9 Å². The topological polar surface area (TPSA) is 52.8 Å². The Kier molecular flexibility index (Phi) is 8.86. The van der Waals surface area contributed by atoms with Gasteiger partial charge in [0.25, 0.3) is 0 Å². The van der Waals surface area contributed by atoms with Gasteiger partial charge in [0.15, 0.2) is 12.3 Å². The maximum Gasteiger partial charge on any atom is 0.341 e. The summed E-state index contributed by atoms with van der Waals surface area (Å²) in [6.45, 7) is 12.2. The van der Waals surface area contributed by atoms with Gasteiger partial charge >= 0.3 is 5.97 Å². The molecule has 0 fully saturated rings. The van der Waals surface area contributed by atoms with Gasteiger partial charge in [-0.05, 0) is 86.4 Å². The van der Waals surface area contributed by atoms with Crippen LogP contribution in [0.15, 0.2) is 78.4 Å². The Morgan fingerprint density at radius 1 is 0.824 bits per heavy atom. The van der Waals surface area contributed by atoms with Crippen LogP contribution >= 0.6 is 0 Å². The molecule has 0 atom stereocenters. The molecule has 5 nitrogen and oxygen atoms in total. The van der Waals surface area contributed by atoms with Crippen LogP contribution in [0.5, 0.6) is 5.75 Å². The fourth-order valence-electron chi connectivity index (χ4n) is 4.22. The number of hydrogen-bond donors (Lipinski definition) is 1. The standard InChI is InChI=1S/C29H34N2O3/c1-5-30(6-2)25-15-9-22(10-16-25)29(23-11-17-26(18-12-23)31(7-3)8-4)24-13-19-27(20-14-24)34-21-28(32)33/h9-20H,5-8,21H2,1-4H3/p+1. The number of ether oxygens (including phenoxy) is 1. The summed E-state index contributed by atoms with van der Waals surface area (Å²) < 4.78 is 7.66. The third-order valence-corrected chi connectivity index (χ3v) is 6.07. The summed E-state index contributed by atoms with van der Waals surface area (Å²) in [6.07, 6.45) is 8.71. The Morgan fingerprint density at radius 3 is 1.82 bits per heavy atom. The highest BCUT2D eigenvalue weighted by Crippen LogP contribution is 2.32. The molecular formula is C29H35N2O3+. The lowest BCUT2D eigenvalue weighted by Gasteiger charge is -2.22. The van der Waals surface area contributed by atoms with E-state index >= 15 is 0 Å². The van der Waals surface area contributed by atoms with E-state index < -0.39 is 5.97 Å². The fraction of sp³-hybridized carbons (Fsp3) is 0.310. The van der Waals surface area contributed by atoms with E-state index in [1.807, 2.05) is 24.3 Å². The molecule has 0 unspecified atom stereocenters. The molecule has 0 bridgehead atoms. The summed E-state index contributed by atoms with van der Waals surface area (Å²) in [7, 11) is 0. The highest BCUT2D eigenvalue weighted by molar-refractivity contribution is 6.04. The first-order valence-electron chi connectivity index (χ1n) is 12.0. The second-order valence-electron chi connectivity index (χ2n) is 8.02. The lowest BCUT2D eigenvalue weighted by molar-refractivity contribution is -0.519. The molecule has 0 aromatic heterocycles. The minimum Gasteiger partial charge on any atom is -0.482 e. The van der Waals surface area contributed by atoms with Crippen molar-refractivity contribution in [3.8, 4) is 5.75 Å². The Bertz CT molecular complexity index is 1080. The van der Waals surface area contributed by atoms with Gasteiger partial charge in [-0.1, -0.05) is 24.3 Å². The molecule has 2 aromatic rings. The summed E-state index contributed by atoms with van der Waals surface area (Å²) in [4.78, 5) is 13.1. The number of hydrogen-bond acceptors (Lipinski definition) is 3. The van der Waals surface area contributed by atoms with Gasteiger partial charge in [-0.25, -0.2) is 9.37 Å². The molecule has 34 heavy (non-hydrogen) atoms. The zero-order valence-electron chi connectivity index (χ0n) is 20.6. The van der Waals surface area contributed by atoms with Crippen LogP contribution in [0.3, 0.4) is 0 Å². The van der Waals surface area contributed by atoms with Crippen LogP contribution in [0.2, 0.25) is 0 Å². The van der Waals surface area contributed by atoms with E-state index in [0.717, 1.165) is 48.5 Å². The SMILES string of the molecule is CCN(CC)c1ccc(C(=C2C=CC(=[N+](CC)CC)C=C2)c2ccc(OCC(=O)O)cc2)cc1. The van der Waals surface area contributed by atoms with Crippen LogP contribution in [0.25, 0.3) is 5.57 Å². The van der Waals surface area contributed by atoms with Crippen LogP contribution in [-0.2, 0) is 4.79 Å². The molecule has 0 aliphatic heterocycles. The predicted molar refractivity (Wildman–Crippen MR) is 140 cm³/mol.